The quantitative estimate of drug-likeness (QED) is 0.372. The minimum absolute atomic E-state index is 0.240. The van der Waals surface area contributed by atoms with Crippen LogP contribution in [0, 0.1) is 0 Å². The fourth-order valence-corrected chi connectivity index (χ4v) is 5.42. The summed E-state index contributed by atoms with van der Waals surface area (Å²) in [7, 11) is 0. The van der Waals surface area contributed by atoms with Gasteiger partial charge in [-0.15, -0.1) is 0 Å². The molecule has 5 nitrogen and oxygen atoms in total. The van der Waals surface area contributed by atoms with Crippen molar-refractivity contribution in [2.45, 2.75) is 26.1 Å². The number of benzene rings is 4. The third kappa shape index (κ3) is 4.22. The smallest absolute Gasteiger partial charge is 0.123 e. The van der Waals surface area contributed by atoms with Gasteiger partial charge in [0.15, 0.2) is 0 Å². The summed E-state index contributed by atoms with van der Waals surface area (Å²) in [4.78, 5) is 2.44. The molecule has 2 aliphatic rings. The van der Waals surface area contributed by atoms with Gasteiger partial charge < -0.3 is 19.7 Å². The predicted octanol–water partition coefficient (Wildman–Crippen LogP) is 6.09. The summed E-state index contributed by atoms with van der Waals surface area (Å²) in [6.45, 7) is 4.85. The van der Waals surface area contributed by atoms with Gasteiger partial charge in [-0.05, 0) is 94.9 Å². The molecular weight excluding hydrogens is 438 g/mol. The standard InChI is InChI=1S/C30H29NO4/c32-22-6-10-24-21(17-22)5-9-25-26-11-12-29(33)30(28(26)19-34-18-27(24)25)20-3-7-23(8-4-20)35-16-15-31-13-1-2-14-31/h3-12,17,32-33H,1-2,13-16,18-19H2. The number of phenols is 2. The summed E-state index contributed by atoms with van der Waals surface area (Å²) in [6.07, 6.45) is 2.57. The van der Waals surface area contributed by atoms with Crippen molar-refractivity contribution in [3.05, 3.63) is 77.9 Å². The molecule has 178 valence electrons. The minimum Gasteiger partial charge on any atom is -0.508 e. The maximum atomic E-state index is 10.9. The second kappa shape index (κ2) is 9.25. The topological polar surface area (TPSA) is 62.2 Å². The van der Waals surface area contributed by atoms with Gasteiger partial charge >= 0.3 is 0 Å². The fraction of sp³-hybridized carbons (Fsp3) is 0.267. The molecule has 35 heavy (non-hydrogen) atoms. The van der Waals surface area contributed by atoms with E-state index in [-0.39, 0.29) is 11.5 Å². The first-order chi connectivity index (χ1) is 17.2. The Morgan fingerprint density at radius 2 is 1.54 bits per heavy atom. The van der Waals surface area contributed by atoms with Gasteiger partial charge in [0, 0.05) is 12.1 Å². The molecule has 2 heterocycles. The molecule has 0 aliphatic carbocycles. The molecule has 2 N–H and O–H groups in total. The van der Waals surface area contributed by atoms with E-state index in [1.807, 2.05) is 42.5 Å². The Bertz CT molecular complexity index is 1370. The van der Waals surface area contributed by atoms with Crippen molar-refractivity contribution in [2.75, 3.05) is 26.2 Å². The van der Waals surface area contributed by atoms with Gasteiger partial charge in [-0.1, -0.05) is 36.4 Å². The molecule has 0 bridgehead atoms. The molecule has 0 radical (unpaired) electrons. The van der Waals surface area contributed by atoms with Gasteiger partial charge in [-0.3, -0.25) is 4.90 Å². The molecule has 0 unspecified atom stereocenters. The SMILES string of the molecule is Oc1ccc2c3c(ccc2c1)-c1ccc(O)c(-c2ccc(OCCN4CCCC4)cc2)c1COC3. The lowest BCUT2D eigenvalue weighted by molar-refractivity contribution is 0.111. The number of hydrogen-bond donors (Lipinski definition) is 2. The van der Waals surface area contributed by atoms with E-state index < -0.39 is 0 Å². The first kappa shape index (κ1) is 22.0. The highest BCUT2D eigenvalue weighted by Gasteiger charge is 2.22. The Hall–Kier alpha value is -3.54. The van der Waals surface area contributed by atoms with Crippen LogP contribution in [0.15, 0.2) is 66.7 Å². The van der Waals surface area contributed by atoms with E-state index in [2.05, 4.69) is 11.0 Å². The van der Waals surface area contributed by atoms with Crippen molar-refractivity contribution in [3.63, 3.8) is 0 Å². The highest BCUT2D eigenvalue weighted by atomic mass is 16.5. The molecule has 0 amide bonds. The Morgan fingerprint density at radius 3 is 2.37 bits per heavy atom. The van der Waals surface area contributed by atoms with Crippen LogP contribution in [0.2, 0.25) is 0 Å². The average molecular weight is 468 g/mol. The first-order valence-corrected chi connectivity index (χ1v) is 12.3. The van der Waals surface area contributed by atoms with Gasteiger partial charge in [0.2, 0.25) is 0 Å². The summed E-state index contributed by atoms with van der Waals surface area (Å²) in [5.74, 6) is 1.33. The van der Waals surface area contributed by atoms with E-state index >= 15 is 0 Å². The number of likely N-dealkylation sites (tertiary alicyclic amines) is 1. The van der Waals surface area contributed by atoms with Crippen LogP contribution in [0.5, 0.6) is 17.2 Å². The maximum Gasteiger partial charge on any atom is 0.123 e. The van der Waals surface area contributed by atoms with Crippen LogP contribution < -0.4 is 4.74 Å². The number of rotatable bonds is 5. The van der Waals surface area contributed by atoms with Gasteiger partial charge in [-0.25, -0.2) is 0 Å². The van der Waals surface area contributed by atoms with Crippen LogP contribution in [0.4, 0.5) is 0 Å². The van der Waals surface area contributed by atoms with E-state index in [4.69, 9.17) is 9.47 Å². The van der Waals surface area contributed by atoms with Gasteiger partial charge in [0.25, 0.3) is 0 Å². The third-order valence-corrected chi connectivity index (χ3v) is 7.21. The lowest BCUT2D eigenvalue weighted by atomic mass is 9.88. The molecule has 0 saturated carbocycles. The Morgan fingerprint density at radius 1 is 0.800 bits per heavy atom. The molecule has 0 aromatic heterocycles. The number of phenolic OH excluding ortho intramolecular Hbond substituents is 2. The summed E-state index contributed by atoms with van der Waals surface area (Å²) >= 11 is 0. The van der Waals surface area contributed by atoms with Crippen molar-refractivity contribution >= 4 is 10.8 Å². The highest BCUT2D eigenvalue weighted by Crippen LogP contribution is 2.43. The Kier molecular flexibility index (Phi) is 5.80. The van der Waals surface area contributed by atoms with E-state index in [0.717, 1.165) is 56.4 Å². The monoisotopic (exact) mass is 467 g/mol. The van der Waals surface area contributed by atoms with Crippen LogP contribution in [-0.2, 0) is 18.0 Å². The van der Waals surface area contributed by atoms with Gasteiger partial charge in [-0.2, -0.15) is 0 Å². The second-order valence-corrected chi connectivity index (χ2v) is 9.40. The van der Waals surface area contributed by atoms with E-state index in [9.17, 15) is 10.2 Å². The molecule has 1 fully saturated rings. The zero-order valence-corrected chi connectivity index (χ0v) is 19.7. The Labute approximate surface area is 205 Å². The Balaban J connectivity index is 1.33. The number of nitrogens with zero attached hydrogens (tertiary/aromatic N) is 1. The van der Waals surface area contributed by atoms with Crippen LogP contribution >= 0.6 is 0 Å². The first-order valence-electron chi connectivity index (χ1n) is 12.3. The summed E-state index contributed by atoms with van der Waals surface area (Å²) in [5, 5.41) is 22.8. The van der Waals surface area contributed by atoms with Gasteiger partial charge in [0.1, 0.15) is 23.9 Å². The summed E-state index contributed by atoms with van der Waals surface area (Å²) < 4.78 is 12.1. The minimum atomic E-state index is 0.240. The number of hydrogen-bond acceptors (Lipinski definition) is 5. The van der Waals surface area contributed by atoms with E-state index in [1.165, 1.54) is 25.9 Å². The zero-order chi connectivity index (χ0) is 23.8. The van der Waals surface area contributed by atoms with Crippen LogP contribution in [0.1, 0.15) is 24.0 Å². The molecule has 5 heteroatoms. The molecule has 4 aromatic carbocycles. The highest BCUT2D eigenvalue weighted by molar-refractivity contribution is 5.94. The number of ether oxygens (including phenoxy) is 2. The van der Waals surface area contributed by atoms with Crippen LogP contribution in [0.3, 0.4) is 0 Å². The van der Waals surface area contributed by atoms with E-state index in [1.54, 1.807) is 18.2 Å². The number of aromatic hydroxyl groups is 2. The predicted molar refractivity (Wildman–Crippen MR) is 138 cm³/mol. The van der Waals surface area contributed by atoms with Crippen molar-refractivity contribution < 1.29 is 19.7 Å². The molecule has 0 atom stereocenters. The zero-order valence-electron chi connectivity index (χ0n) is 19.7. The van der Waals surface area contributed by atoms with Crippen molar-refractivity contribution in [3.8, 4) is 39.5 Å². The fourth-order valence-electron chi connectivity index (χ4n) is 5.42. The van der Waals surface area contributed by atoms with Gasteiger partial charge in [0.05, 0.1) is 13.2 Å². The van der Waals surface area contributed by atoms with Crippen LogP contribution in [0.25, 0.3) is 33.0 Å². The largest absolute Gasteiger partial charge is 0.508 e. The molecular formula is C30H29NO4. The van der Waals surface area contributed by atoms with Crippen LogP contribution in [-0.4, -0.2) is 41.4 Å². The molecule has 4 aromatic rings. The average Bonchev–Trinajstić information content (AvgIpc) is 3.31. The lowest BCUT2D eigenvalue weighted by Crippen LogP contribution is -2.25. The van der Waals surface area contributed by atoms with Crippen molar-refractivity contribution in [1.82, 2.24) is 4.90 Å². The number of fused-ring (bicyclic) bond motifs is 5. The van der Waals surface area contributed by atoms with Crippen molar-refractivity contribution in [2.24, 2.45) is 0 Å². The van der Waals surface area contributed by atoms with E-state index in [0.29, 0.717) is 19.8 Å². The third-order valence-electron chi connectivity index (χ3n) is 7.21. The lowest BCUT2D eigenvalue weighted by Gasteiger charge is -2.17. The van der Waals surface area contributed by atoms with Crippen molar-refractivity contribution in [1.29, 1.82) is 0 Å². The normalized spacial score (nSPS) is 15.5. The summed E-state index contributed by atoms with van der Waals surface area (Å²) in [5.41, 5.74) is 5.96. The molecule has 6 rings (SSSR count). The molecule has 0 spiro atoms. The second-order valence-electron chi connectivity index (χ2n) is 9.40. The molecule has 2 aliphatic heterocycles. The maximum absolute atomic E-state index is 10.9. The summed E-state index contributed by atoms with van der Waals surface area (Å²) in [6, 6.07) is 21.3. The molecule has 1 saturated heterocycles.